The number of phenols is 1. The molecule has 0 saturated heterocycles. The average molecular weight is 399 g/mol. The molecular formula is C26H38OS. The first-order valence-corrected chi connectivity index (χ1v) is 11.9. The van der Waals surface area contributed by atoms with Crippen LogP contribution in [-0.2, 0) is 0 Å². The molecule has 4 bridgehead atoms. The van der Waals surface area contributed by atoms with E-state index in [1.807, 2.05) is 0 Å². The molecule has 0 spiro atoms. The number of hydrogen-bond acceptors (Lipinski definition) is 2. The summed E-state index contributed by atoms with van der Waals surface area (Å²) >= 11 is 4.83. The second-order valence-corrected chi connectivity index (χ2v) is 12.8. The number of benzene rings is 1. The first-order chi connectivity index (χ1) is 12.9. The lowest BCUT2D eigenvalue weighted by molar-refractivity contribution is 0.130. The molecule has 0 amide bonds. The zero-order chi connectivity index (χ0) is 20.3. The maximum absolute atomic E-state index is 11.6. The Hall–Kier alpha value is -0.630. The summed E-state index contributed by atoms with van der Waals surface area (Å²) in [6, 6.07) is 4.38. The minimum absolute atomic E-state index is 0.284. The van der Waals surface area contributed by atoms with Crippen molar-refractivity contribution in [2.75, 3.05) is 0 Å². The molecular weight excluding hydrogens is 360 g/mol. The van der Waals surface area contributed by atoms with Gasteiger partial charge in [-0.25, -0.2) is 0 Å². The fraction of sp³-hybridized carbons (Fsp3) is 0.769. The molecule has 1 N–H and O–H groups in total. The van der Waals surface area contributed by atoms with Gasteiger partial charge in [0.2, 0.25) is 0 Å². The lowest BCUT2D eigenvalue weighted by Crippen LogP contribution is -2.32. The third-order valence-corrected chi connectivity index (χ3v) is 11.8. The van der Waals surface area contributed by atoms with Crippen molar-refractivity contribution in [3.63, 3.8) is 0 Å². The van der Waals surface area contributed by atoms with E-state index in [0.29, 0.717) is 28.4 Å². The lowest BCUT2D eigenvalue weighted by atomic mass is 9.63. The number of aromatic hydroxyl groups is 1. The largest absolute Gasteiger partial charge is 0.507 e. The number of rotatable bonds is 2. The van der Waals surface area contributed by atoms with Gasteiger partial charge in [-0.05, 0) is 107 Å². The topological polar surface area (TPSA) is 20.2 Å². The Bertz CT molecular complexity index is 774. The van der Waals surface area contributed by atoms with Gasteiger partial charge in [-0.3, -0.25) is 0 Å². The van der Waals surface area contributed by atoms with E-state index in [0.717, 1.165) is 16.7 Å². The molecule has 1 aromatic rings. The van der Waals surface area contributed by atoms with Crippen molar-refractivity contribution in [2.45, 2.75) is 96.8 Å². The molecule has 4 saturated carbocycles. The first-order valence-electron chi connectivity index (χ1n) is 11.5. The summed E-state index contributed by atoms with van der Waals surface area (Å²) < 4.78 is 0. The van der Waals surface area contributed by atoms with Crippen LogP contribution in [-0.4, -0.2) is 5.11 Å². The molecule has 4 aliphatic rings. The van der Waals surface area contributed by atoms with Crippen LogP contribution in [0.5, 0.6) is 5.75 Å². The van der Waals surface area contributed by atoms with Crippen LogP contribution in [0, 0.1) is 33.5 Å². The van der Waals surface area contributed by atoms with Crippen LogP contribution in [0.1, 0.15) is 103 Å². The predicted octanol–water partition coefficient (Wildman–Crippen LogP) is 7.54. The summed E-state index contributed by atoms with van der Waals surface area (Å²) in [5, 5.41) is 11.6. The van der Waals surface area contributed by atoms with E-state index in [4.69, 9.17) is 12.6 Å². The minimum atomic E-state index is 0.284. The minimum Gasteiger partial charge on any atom is -0.507 e. The lowest BCUT2D eigenvalue weighted by Gasteiger charge is -2.42. The third-order valence-electron chi connectivity index (χ3n) is 11.5. The number of hydrogen-bond donors (Lipinski definition) is 2. The molecule has 0 heterocycles. The van der Waals surface area contributed by atoms with E-state index in [2.05, 4.69) is 53.7 Å². The van der Waals surface area contributed by atoms with Crippen molar-refractivity contribution in [1.29, 1.82) is 0 Å². The Morgan fingerprint density at radius 1 is 0.786 bits per heavy atom. The fourth-order valence-electron chi connectivity index (χ4n) is 8.54. The zero-order valence-electron chi connectivity index (χ0n) is 18.6. The smallest absolute Gasteiger partial charge is 0.122 e. The van der Waals surface area contributed by atoms with E-state index in [1.54, 1.807) is 0 Å². The van der Waals surface area contributed by atoms with Gasteiger partial charge in [-0.1, -0.05) is 41.5 Å². The highest BCUT2D eigenvalue weighted by molar-refractivity contribution is 7.80. The second kappa shape index (κ2) is 5.54. The molecule has 0 aromatic heterocycles. The van der Waals surface area contributed by atoms with Crippen LogP contribution in [0.15, 0.2) is 17.0 Å². The Balaban J connectivity index is 1.60. The van der Waals surface area contributed by atoms with Gasteiger partial charge in [0.25, 0.3) is 0 Å². The summed E-state index contributed by atoms with van der Waals surface area (Å²) in [5.74, 6) is 3.11. The number of phenolic OH excluding ortho intramolecular Hbond substituents is 1. The van der Waals surface area contributed by atoms with Gasteiger partial charge in [0.05, 0.1) is 0 Å². The highest BCUT2D eigenvalue weighted by atomic mass is 32.1. The van der Waals surface area contributed by atoms with Crippen molar-refractivity contribution < 1.29 is 5.11 Å². The molecule has 6 atom stereocenters. The normalized spacial score (nSPS) is 45.1. The van der Waals surface area contributed by atoms with Crippen LogP contribution >= 0.6 is 12.6 Å². The summed E-state index contributed by atoms with van der Waals surface area (Å²) in [7, 11) is 0. The highest BCUT2D eigenvalue weighted by Crippen LogP contribution is 2.74. The Morgan fingerprint density at radius 2 is 1.18 bits per heavy atom. The van der Waals surface area contributed by atoms with Crippen LogP contribution in [0.25, 0.3) is 0 Å². The van der Waals surface area contributed by atoms with Gasteiger partial charge in [-0.15, -0.1) is 12.6 Å². The summed E-state index contributed by atoms with van der Waals surface area (Å²) in [5.41, 5.74) is 3.68. The standard InChI is InChI=1S/C26H38OS/c1-23(2)15-7-9-25(23,5)20(11-15)18-13-17(28)14-19(22(18)27)21-12-16-8-10-26(21,6)24(16,3)4/h13-16,20-21,27-28H,7-12H2,1-6H3. The molecule has 0 aliphatic heterocycles. The van der Waals surface area contributed by atoms with Crippen molar-refractivity contribution in [1.82, 2.24) is 0 Å². The van der Waals surface area contributed by atoms with Crippen molar-refractivity contribution >= 4 is 12.6 Å². The molecule has 154 valence electrons. The third kappa shape index (κ3) is 2.07. The van der Waals surface area contributed by atoms with E-state index in [-0.39, 0.29) is 10.8 Å². The van der Waals surface area contributed by atoms with Gasteiger partial charge in [0, 0.05) is 4.90 Å². The summed E-state index contributed by atoms with van der Waals surface area (Å²) in [6.45, 7) is 14.8. The first kappa shape index (κ1) is 19.3. The number of fused-ring (bicyclic) bond motifs is 4. The molecule has 4 fully saturated rings. The van der Waals surface area contributed by atoms with E-state index in [9.17, 15) is 5.11 Å². The maximum Gasteiger partial charge on any atom is 0.122 e. The highest BCUT2D eigenvalue weighted by Gasteiger charge is 2.63. The SMILES string of the molecule is CC1(C)C2CCC1(C)C(c1cc(S)cc(C3CC4CCC3(C)C4(C)C)c1O)C2. The van der Waals surface area contributed by atoms with Gasteiger partial charge in [-0.2, -0.15) is 0 Å². The Morgan fingerprint density at radius 3 is 1.46 bits per heavy atom. The molecule has 6 unspecified atom stereocenters. The Kier molecular flexibility index (Phi) is 3.82. The predicted molar refractivity (Wildman–Crippen MR) is 119 cm³/mol. The Labute approximate surface area is 177 Å². The summed E-state index contributed by atoms with van der Waals surface area (Å²) in [6.07, 6.45) is 7.73. The molecule has 1 aromatic carbocycles. The van der Waals surface area contributed by atoms with Crippen LogP contribution < -0.4 is 0 Å². The second-order valence-electron chi connectivity index (χ2n) is 12.3. The van der Waals surface area contributed by atoms with E-state index in [1.165, 1.54) is 49.7 Å². The van der Waals surface area contributed by atoms with Gasteiger partial charge < -0.3 is 5.11 Å². The van der Waals surface area contributed by atoms with Gasteiger partial charge >= 0.3 is 0 Å². The van der Waals surface area contributed by atoms with Gasteiger partial charge in [0.1, 0.15) is 5.75 Å². The quantitative estimate of drug-likeness (QED) is 0.493. The zero-order valence-corrected chi connectivity index (χ0v) is 19.5. The van der Waals surface area contributed by atoms with E-state index < -0.39 is 0 Å². The average Bonchev–Trinajstić information content (AvgIpc) is 3.14. The molecule has 5 rings (SSSR count). The van der Waals surface area contributed by atoms with Crippen LogP contribution in [0.2, 0.25) is 0 Å². The molecule has 4 aliphatic carbocycles. The van der Waals surface area contributed by atoms with E-state index >= 15 is 0 Å². The maximum atomic E-state index is 11.6. The van der Waals surface area contributed by atoms with Gasteiger partial charge in [0.15, 0.2) is 0 Å². The monoisotopic (exact) mass is 398 g/mol. The molecule has 0 radical (unpaired) electrons. The van der Waals surface area contributed by atoms with Crippen LogP contribution in [0.4, 0.5) is 0 Å². The van der Waals surface area contributed by atoms with Crippen molar-refractivity contribution in [2.24, 2.45) is 33.5 Å². The fourth-order valence-corrected chi connectivity index (χ4v) is 8.82. The molecule has 2 heteroatoms. The summed E-state index contributed by atoms with van der Waals surface area (Å²) in [4.78, 5) is 1.04. The molecule has 28 heavy (non-hydrogen) atoms. The number of thiol groups is 1. The molecule has 1 nitrogen and oxygen atoms in total. The van der Waals surface area contributed by atoms with Crippen molar-refractivity contribution in [3.8, 4) is 5.75 Å². The van der Waals surface area contributed by atoms with Crippen molar-refractivity contribution in [3.05, 3.63) is 23.3 Å². The van der Waals surface area contributed by atoms with Crippen LogP contribution in [0.3, 0.4) is 0 Å².